The Morgan fingerprint density at radius 2 is 1.92 bits per heavy atom. The fraction of sp³-hybridized carbons (Fsp3) is 0.722. The number of alkyl carbamates (subject to hydrolysis) is 1. The van der Waals surface area contributed by atoms with Gasteiger partial charge in [0.2, 0.25) is 11.8 Å². The Kier molecular flexibility index (Phi) is 6.86. The lowest BCUT2D eigenvalue weighted by Crippen LogP contribution is -2.55. The third-order valence-electron chi connectivity index (χ3n) is 3.86. The topological polar surface area (TPSA) is 102 Å². The number of primary amides is 1. The van der Waals surface area contributed by atoms with Gasteiger partial charge in [-0.2, -0.15) is 0 Å². The quantitative estimate of drug-likeness (QED) is 0.731. The number of carbonyl (C=O) groups excluding carboxylic acids is 3. The van der Waals surface area contributed by atoms with Gasteiger partial charge in [0.15, 0.2) is 0 Å². The summed E-state index contributed by atoms with van der Waals surface area (Å²) in [6.07, 6.45) is 6.16. The maximum Gasteiger partial charge on any atom is 0.408 e. The van der Waals surface area contributed by atoms with Gasteiger partial charge in [0.1, 0.15) is 17.7 Å². The maximum atomic E-state index is 13.0. The van der Waals surface area contributed by atoms with E-state index in [1.807, 2.05) is 13.8 Å². The third-order valence-corrected chi connectivity index (χ3v) is 3.86. The third kappa shape index (κ3) is 5.96. The van der Waals surface area contributed by atoms with Crippen molar-refractivity contribution in [3.8, 4) is 12.3 Å². The molecule has 0 radical (unpaired) electrons. The van der Waals surface area contributed by atoms with Crippen molar-refractivity contribution in [1.82, 2.24) is 10.2 Å². The van der Waals surface area contributed by atoms with Crippen LogP contribution in [-0.4, -0.2) is 46.5 Å². The van der Waals surface area contributed by atoms with E-state index in [1.54, 1.807) is 20.8 Å². The van der Waals surface area contributed by atoms with Gasteiger partial charge in [-0.05, 0) is 46.0 Å². The maximum absolute atomic E-state index is 13.0. The molecule has 0 aromatic rings. The number of hydrogen-bond donors (Lipinski definition) is 2. The molecule has 1 fully saturated rings. The van der Waals surface area contributed by atoms with E-state index in [0.717, 1.165) is 0 Å². The van der Waals surface area contributed by atoms with Gasteiger partial charge >= 0.3 is 6.09 Å². The summed E-state index contributed by atoms with van der Waals surface area (Å²) in [6.45, 7) is 9.09. The first-order valence-electron chi connectivity index (χ1n) is 8.53. The Morgan fingerprint density at radius 1 is 1.32 bits per heavy atom. The molecule has 0 aromatic heterocycles. The van der Waals surface area contributed by atoms with Crippen LogP contribution in [0.1, 0.15) is 53.9 Å². The summed E-state index contributed by atoms with van der Waals surface area (Å²) in [5, 5.41) is 2.61. The second-order valence-corrected chi connectivity index (χ2v) is 7.75. The summed E-state index contributed by atoms with van der Waals surface area (Å²) in [6, 6.07) is -2.07. The summed E-state index contributed by atoms with van der Waals surface area (Å²) in [5.74, 6) is 1.68. The van der Waals surface area contributed by atoms with Crippen LogP contribution in [0.3, 0.4) is 0 Å². The minimum Gasteiger partial charge on any atom is -0.444 e. The number of nitrogens with zero attached hydrogens (tertiary/aromatic N) is 1. The van der Waals surface area contributed by atoms with Crippen molar-refractivity contribution in [2.24, 2.45) is 11.7 Å². The van der Waals surface area contributed by atoms with Crippen LogP contribution in [0.25, 0.3) is 0 Å². The van der Waals surface area contributed by atoms with Gasteiger partial charge in [0.05, 0.1) is 6.04 Å². The van der Waals surface area contributed by atoms with E-state index in [9.17, 15) is 14.4 Å². The molecule has 140 valence electrons. The molecule has 25 heavy (non-hydrogen) atoms. The van der Waals surface area contributed by atoms with Gasteiger partial charge in [-0.25, -0.2) is 4.79 Å². The molecule has 3 amide bonds. The van der Waals surface area contributed by atoms with Crippen molar-refractivity contribution >= 4 is 17.9 Å². The minimum atomic E-state index is -0.828. The lowest BCUT2D eigenvalue weighted by atomic mass is 10.0. The van der Waals surface area contributed by atoms with Gasteiger partial charge in [-0.3, -0.25) is 9.59 Å². The number of carbonyl (C=O) groups is 3. The summed E-state index contributed by atoms with van der Waals surface area (Å²) in [4.78, 5) is 38.1. The highest BCUT2D eigenvalue weighted by Gasteiger charge is 2.42. The molecule has 1 unspecified atom stereocenters. The smallest absolute Gasteiger partial charge is 0.408 e. The van der Waals surface area contributed by atoms with E-state index in [0.29, 0.717) is 19.3 Å². The van der Waals surface area contributed by atoms with Crippen molar-refractivity contribution in [3.63, 3.8) is 0 Å². The summed E-state index contributed by atoms with van der Waals surface area (Å²) in [5.41, 5.74) is 4.74. The number of ether oxygens (including phenoxy) is 1. The summed E-state index contributed by atoms with van der Waals surface area (Å²) < 4.78 is 5.24. The molecular formula is C18H29N3O4. The molecule has 3 N–H and O–H groups in total. The van der Waals surface area contributed by atoms with Gasteiger partial charge in [-0.1, -0.05) is 19.8 Å². The van der Waals surface area contributed by atoms with Crippen LogP contribution in [0.2, 0.25) is 0 Å². The number of nitrogens with one attached hydrogen (secondary N) is 1. The summed E-state index contributed by atoms with van der Waals surface area (Å²) in [7, 11) is 0. The molecule has 0 bridgehead atoms. The molecule has 0 aromatic carbocycles. The van der Waals surface area contributed by atoms with E-state index >= 15 is 0 Å². The molecule has 7 heteroatoms. The number of hydrogen-bond acceptors (Lipinski definition) is 4. The molecule has 1 aliphatic heterocycles. The van der Waals surface area contributed by atoms with Crippen LogP contribution >= 0.6 is 0 Å². The Labute approximate surface area is 149 Å². The number of terminal acetylenes is 1. The summed E-state index contributed by atoms with van der Waals surface area (Å²) >= 11 is 0. The molecule has 1 heterocycles. The second kappa shape index (κ2) is 8.24. The average molecular weight is 351 g/mol. The predicted octanol–water partition coefficient (Wildman–Crippen LogP) is 1.40. The van der Waals surface area contributed by atoms with Crippen LogP contribution in [0, 0.1) is 18.3 Å². The highest BCUT2D eigenvalue weighted by molar-refractivity contribution is 5.91. The van der Waals surface area contributed by atoms with E-state index < -0.39 is 41.6 Å². The van der Waals surface area contributed by atoms with E-state index in [2.05, 4.69) is 11.2 Å². The molecule has 1 saturated heterocycles. The minimum absolute atomic E-state index is 0.141. The number of rotatable bonds is 5. The molecule has 1 rings (SSSR count). The molecule has 3 atom stereocenters. The first kappa shape index (κ1) is 20.8. The van der Waals surface area contributed by atoms with Crippen molar-refractivity contribution in [2.75, 3.05) is 0 Å². The molecule has 1 aliphatic rings. The number of nitrogens with two attached hydrogens (primary N) is 1. The van der Waals surface area contributed by atoms with Crippen molar-refractivity contribution < 1.29 is 19.1 Å². The number of amides is 3. The fourth-order valence-electron chi connectivity index (χ4n) is 2.88. The zero-order valence-corrected chi connectivity index (χ0v) is 15.7. The average Bonchev–Trinajstić information content (AvgIpc) is 2.87. The van der Waals surface area contributed by atoms with Crippen molar-refractivity contribution in [2.45, 2.75) is 77.6 Å². The second-order valence-electron chi connectivity index (χ2n) is 7.75. The Morgan fingerprint density at radius 3 is 2.36 bits per heavy atom. The van der Waals surface area contributed by atoms with Crippen molar-refractivity contribution in [3.05, 3.63) is 0 Å². The van der Waals surface area contributed by atoms with Gasteiger partial charge < -0.3 is 20.7 Å². The molecule has 0 saturated carbocycles. The predicted molar refractivity (Wildman–Crippen MR) is 94.3 cm³/mol. The first-order valence-corrected chi connectivity index (χ1v) is 8.53. The zero-order valence-electron chi connectivity index (χ0n) is 15.7. The normalized spacial score (nSPS) is 21.6. The zero-order chi connectivity index (χ0) is 19.4. The van der Waals surface area contributed by atoms with Crippen molar-refractivity contribution in [1.29, 1.82) is 0 Å². The van der Waals surface area contributed by atoms with Crippen LogP contribution in [0.15, 0.2) is 0 Å². The number of likely N-dealkylation sites (tertiary alicyclic amines) is 1. The SMILES string of the molecule is C#C[C@H]1CC[C@@H](C(N)=O)N1C(=O)C(CC(C)C)NC(=O)OC(C)(C)C. The van der Waals surface area contributed by atoms with Gasteiger partial charge in [0, 0.05) is 0 Å². The van der Waals surface area contributed by atoms with E-state index in [1.165, 1.54) is 4.90 Å². The molecular weight excluding hydrogens is 322 g/mol. The molecule has 7 nitrogen and oxygen atoms in total. The molecule has 0 aliphatic carbocycles. The highest BCUT2D eigenvalue weighted by Crippen LogP contribution is 2.25. The largest absolute Gasteiger partial charge is 0.444 e. The lowest BCUT2D eigenvalue weighted by Gasteiger charge is -2.31. The van der Waals surface area contributed by atoms with Gasteiger partial charge in [0.25, 0.3) is 0 Å². The molecule has 0 spiro atoms. The first-order chi connectivity index (χ1) is 11.5. The Hall–Kier alpha value is -2.23. The fourth-order valence-corrected chi connectivity index (χ4v) is 2.88. The standard InChI is InChI=1S/C18H29N3O4/c1-7-12-8-9-14(15(19)22)21(12)16(23)13(10-11(2)3)20-17(24)25-18(4,5)6/h1,11-14H,8-10H2,2-6H3,(H2,19,22)(H,20,24)/t12-,13?,14-/m0/s1. The van der Waals surface area contributed by atoms with Crippen LogP contribution in [0.5, 0.6) is 0 Å². The van der Waals surface area contributed by atoms with Gasteiger partial charge in [-0.15, -0.1) is 6.42 Å². The Balaban J connectivity index is 3.00. The highest BCUT2D eigenvalue weighted by atomic mass is 16.6. The Bertz CT molecular complexity index is 560. The van der Waals surface area contributed by atoms with Crippen LogP contribution < -0.4 is 11.1 Å². The monoisotopic (exact) mass is 351 g/mol. The van der Waals surface area contributed by atoms with Crippen LogP contribution in [-0.2, 0) is 14.3 Å². The van der Waals surface area contributed by atoms with E-state index in [4.69, 9.17) is 16.9 Å². The lowest BCUT2D eigenvalue weighted by molar-refractivity contribution is -0.140. The van der Waals surface area contributed by atoms with Crippen LogP contribution in [0.4, 0.5) is 4.79 Å². The van der Waals surface area contributed by atoms with E-state index in [-0.39, 0.29) is 5.92 Å².